The van der Waals surface area contributed by atoms with E-state index < -0.39 is 0 Å². The summed E-state index contributed by atoms with van der Waals surface area (Å²) in [7, 11) is 0. The van der Waals surface area contributed by atoms with Gasteiger partial charge in [0.2, 0.25) is 0 Å². The zero-order chi connectivity index (χ0) is 13.4. The first kappa shape index (κ1) is 12.2. The van der Waals surface area contributed by atoms with Crippen molar-refractivity contribution in [2.24, 2.45) is 0 Å². The standard InChI is InChI=1S/C16H15ClN2/c1-11-3-4-14(7-12(11)2)15-10-19-6-5-13(9-17)8-16(19)18-15/h3-8,10H,9H2,1-2H3. The smallest absolute Gasteiger partial charge is 0.137 e. The highest BCUT2D eigenvalue weighted by Crippen LogP contribution is 2.22. The molecule has 0 aliphatic rings. The number of hydrogen-bond donors (Lipinski definition) is 0. The fourth-order valence-corrected chi connectivity index (χ4v) is 2.31. The summed E-state index contributed by atoms with van der Waals surface area (Å²) < 4.78 is 2.03. The van der Waals surface area contributed by atoms with E-state index in [0.29, 0.717) is 5.88 Å². The van der Waals surface area contributed by atoms with Crippen LogP contribution in [-0.4, -0.2) is 9.38 Å². The quantitative estimate of drug-likeness (QED) is 0.633. The van der Waals surface area contributed by atoms with Crippen LogP contribution in [0, 0.1) is 13.8 Å². The minimum Gasteiger partial charge on any atom is -0.306 e. The zero-order valence-corrected chi connectivity index (χ0v) is 11.8. The molecule has 0 aliphatic carbocycles. The second-order valence-electron chi connectivity index (χ2n) is 4.86. The number of imidazole rings is 1. The Bertz CT molecular complexity index is 744. The number of alkyl halides is 1. The van der Waals surface area contributed by atoms with E-state index in [-0.39, 0.29) is 0 Å². The van der Waals surface area contributed by atoms with Crippen molar-refractivity contribution in [1.29, 1.82) is 0 Å². The van der Waals surface area contributed by atoms with Gasteiger partial charge >= 0.3 is 0 Å². The number of hydrogen-bond acceptors (Lipinski definition) is 1. The van der Waals surface area contributed by atoms with E-state index in [9.17, 15) is 0 Å². The Morgan fingerprint density at radius 3 is 2.68 bits per heavy atom. The molecule has 0 amide bonds. The first-order valence-corrected chi connectivity index (χ1v) is 6.82. The van der Waals surface area contributed by atoms with Crippen molar-refractivity contribution in [3.63, 3.8) is 0 Å². The fourth-order valence-electron chi connectivity index (χ4n) is 2.15. The molecule has 0 saturated carbocycles. The second kappa shape index (κ2) is 4.71. The second-order valence-corrected chi connectivity index (χ2v) is 5.13. The third kappa shape index (κ3) is 2.24. The lowest BCUT2D eigenvalue weighted by atomic mass is 10.1. The molecule has 2 nitrogen and oxygen atoms in total. The van der Waals surface area contributed by atoms with Gasteiger partial charge in [0, 0.05) is 23.8 Å². The number of aryl methyl sites for hydroxylation is 2. The van der Waals surface area contributed by atoms with Crippen LogP contribution in [0.15, 0.2) is 42.7 Å². The van der Waals surface area contributed by atoms with Crippen molar-refractivity contribution in [3.05, 3.63) is 59.4 Å². The molecule has 3 aromatic rings. The molecule has 2 aromatic heterocycles. The van der Waals surface area contributed by atoms with E-state index >= 15 is 0 Å². The topological polar surface area (TPSA) is 17.3 Å². The molecule has 96 valence electrons. The molecule has 0 radical (unpaired) electrons. The number of benzene rings is 1. The van der Waals surface area contributed by atoms with E-state index in [4.69, 9.17) is 11.6 Å². The van der Waals surface area contributed by atoms with Crippen molar-refractivity contribution < 1.29 is 0 Å². The SMILES string of the molecule is Cc1ccc(-c2cn3ccc(CCl)cc3n2)cc1C. The monoisotopic (exact) mass is 270 g/mol. The van der Waals surface area contributed by atoms with E-state index in [2.05, 4.69) is 43.2 Å². The van der Waals surface area contributed by atoms with Crippen LogP contribution in [0.1, 0.15) is 16.7 Å². The van der Waals surface area contributed by atoms with Gasteiger partial charge in [0.25, 0.3) is 0 Å². The molecule has 3 rings (SSSR count). The molecule has 19 heavy (non-hydrogen) atoms. The molecule has 0 spiro atoms. The zero-order valence-electron chi connectivity index (χ0n) is 11.0. The van der Waals surface area contributed by atoms with Crippen molar-refractivity contribution in [1.82, 2.24) is 9.38 Å². The van der Waals surface area contributed by atoms with Gasteiger partial charge in [-0.25, -0.2) is 4.98 Å². The Hall–Kier alpha value is -1.80. The van der Waals surface area contributed by atoms with Gasteiger partial charge in [0.15, 0.2) is 0 Å². The lowest BCUT2D eigenvalue weighted by Crippen LogP contribution is -1.84. The maximum absolute atomic E-state index is 5.85. The van der Waals surface area contributed by atoms with Crippen LogP contribution in [0.2, 0.25) is 0 Å². The number of pyridine rings is 1. The molecule has 0 fully saturated rings. The third-order valence-electron chi connectivity index (χ3n) is 3.48. The molecular weight excluding hydrogens is 256 g/mol. The first-order chi connectivity index (χ1) is 9.17. The molecule has 0 bridgehead atoms. The highest BCUT2D eigenvalue weighted by Gasteiger charge is 2.06. The predicted octanol–water partition coefficient (Wildman–Crippen LogP) is 4.36. The summed E-state index contributed by atoms with van der Waals surface area (Å²) in [6, 6.07) is 10.5. The first-order valence-electron chi connectivity index (χ1n) is 6.28. The van der Waals surface area contributed by atoms with Crippen LogP contribution >= 0.6 is 11.6 Å². The predicted molar refractivity (Wildman–Crippen MR) is 79.7 cm³/mol. The molecule has 3 heteroatoms. The largest absolute Gasteiger partial charge is 0.306 e. The summed E-state index contributed by atoms with van der Waals surface area (Å²) in [5.74, 6) is 0.516. The summed E-state index contributed by atoms with van der Waals surface area (Å²) in [6.07, 6.45) is 4.06. The molecule has 0 N–H and O–H groups in total. The Labute approximate surface area is 117 Å². The molecule has 0 unspecified atom stereocenters. The molecular formula is C16H15ClN2. The van der Waals surface area contributed by atoms with Crippen molar-refractivity contribution >= 4 is 17.2 Å². The van der Waals surface area contributed by atoms with Crippen LogP contribution in [0.5, 0.6) is 0 Å². The average molecular weight is 271 g/mol. The van der Waals surface area contributed by atoms with Crippen molar-refractivity contribution in [2.45, 2.75) is 19.7 Å². The third-order valence-corrected chi connectivity index (χ3v) is 3.79. The van der Waals surface area contributed by atoms with Crippen molar-refractivity contribution in [3.8, 4) is 11.3 Å². The van der Waals surface area contributed by atoms with Crippen LogP contribution in [0.25, 0.3) is 16.9 Å². The minimum atomic E-state index is 0.516. The van der Waals surface area contributed by atoms with Crippen LogP contribution in [-0.2, 0) is 5.88 Å². The van der Waals surface area contributed by atoms with Crippen LogP contribution < -0.4 is 0 Å². The minimum absolute atomic E-state index is 0.516. The fraction of sp³-hybridized carbons (Fsp3) is 0.188. The molecule has 1 aromatic carbocycles. The van der Waals surface area contributed by atoms with Gasteiger partial charge in [-0.05, 0) is 48.7 Å². The maximum Gasteiger partial charge on any atom is 0.137 e. The van der Waals surface area contributed by atoms with Crippen molar-refractivity contribution in [2.75, 3.05) is 0 Å². The van der Waals surface area contributed by atoms with Gasteiger partial charge in [-0.2, -0.15) is 0 Å². The van der Waals surface area contributed by atoms with Crippen LogP contribution in [0.3, 0.4) is 0 Å². The van der Waals surface area contributed by atoms with E-state index in [1.165, 1.54) is 11.1 Å². The molecule has 0 saturated heterocycles. The summed E-state index contributed by atoms with van der Waals surface area (Å²) in [4.78, 5) is 4.67. The van der Waals surface area contributed by atoms with E-state index in [1.807, 2.05) is 22.7 Å². The molecule has 0 aliphatic heterocycles. The number of halogens is 1. The van der Waals surface area contributed by atoms with Gasteiger partial charge < -0.3 is 4.40 Å². The summed E-state index contributed by atoms with van der Waals surface area (Å²) >= 11 is 5.85. The Kier molecular flexibility index (Phi) is 3.03. The summed E-state index contributed by atoms with van der Waals surface area (Å²) in [5, 5.41) is 0. The lowest BCUT2D eigenvalue weighted by molar-refractivity contribution is 1.16. The van der Waals surface area contributed by atoms with E-state index in [0.717, 1.165) is 22.5 Å². The van der Waals surface area contributed by atoms with Gasteiger partial charge in [0.05, 0.1) is 5.69 Å². The average Bonchev–Trinajstić information content (AvgIpc) is 2.84. The van der Waals surface area contributed by atoms with Gasteiger partial charge in [-0.1, -0.05) is 12.1 Å². The summed E-state index contributed by atoms with van der Waals surface area (Å²) in [6.45, 7) is 4.25. The summed E-state index contributed by atoms with van der Waals surface area (Å²) in [5.41, 5.74) is 6.76. The number of aromatic nitrogens is 2. The number of nitrogens with zero attached hydrogens (tertiary/aromatic N) is 2. The van der Waals surface area contributed by atoms with Gasteiger partial charge in [-0.3, -0.25) is 0 Å². The molecule has 0 atom stereocenters. The van der Waals surface area contributed by atoms with Gasteiger partial charge in [0.1, 0.15) is 5.65 Å². The Morgan fingerprint density at radius 2 is 1.95 bits per heavy atom. The van der Waals surface area contributed by atoms with Gasteiger partial charge in [-0.15, -0.1) is 11.6 Å². The maximum atomic E-state index is 5.85. The number of rotatable bonds is 2. The molecule has 2 heterocycles. The normalized spacial score (nSPS) is 11.1. The Balaban J connectivity index is 2.11. The van der Waals surface area contributed by atoms with Crippen LogP contribution in [0.4, 0.5) is 0 Å². The number of fused-ring (bicyclic) bond motifs is 1. The highest BCUT2D eigenvalue weighted by molar-refractivity contribution is 6.17. The Morgan fingerprint density at radius 1 is 1.11 bits per heavy atom. The van der Waals surface area contributed by atoms with E-state index in [1.54, 1.807) is 0 Å². The highest BCUT2D eigenvalue weighted by atomic mass is 35.5. The lowest BCUT2D eigenvalue weighted by Gasteiger charge is -2.01.